The summed E-state index contributed by atoms with van der Waals surface area (Å²) < 4.78 is 8.86. The Hall–Kier alpha value is -7.62. The van der Waals surface area contributed by atoms with Crippen LogP contribution in [0.3, 0.4) is 0 Å². The molecule has 0 aliphatic rings. The highest BCUT2D eigenvalue weighted by atomic mass is 16.3. The van der Waals surface area contributed by atoms with E-state index in [4.69, 9.17) is 4.42 Å². The molecule has 3 heteroatoms. The molecule has 12 rings (SSSR count). The predicted octanol–water partition coefficient (Wildman–Crippen LogP) is 15.3. The van der Waals surface area contributed by atoms with E-state index in [-0.39, 0.29) is 0 Å². The average Bonchev–Trinajstić information content (AvgIpc) is 3.83. The molecule has 0 atom stereocenters. The maximum Gasteiger partial charge on any atom is 0.137 e. The van der Waals surface area contributed by atoms with Crippen molar-refractivity contribution in [3.63, 3.8) is 0 Å². The molecule has 0 saturated heterocycles. The Kier molecular flexibility index (Phi) is 6.93. The molecular weight excluding hydrogens is 693 g/mol. The minimum absolute atomic E-state index is 0.868. The van der Waals surface area contributed by atoms with E-state index < -0.39 is 0 Å². The number of furan rings is 1. The van der Waals surface area contributed by atoms with Crippen LogP contribution in [0, 0.1) is 0 Å². The van der Waals surface area contributed by atoms with Gasteiger partial charge in [0.1, 0.15) is 11.2 Å². The van der Waals surface area contributed by atoms with Crippen LogP contribution in [-0.2, 0) is 0 Å². The first-order valence-corrected chi connectivity index (χ1v) is 19.5. The summed E-state index contributed by atoms with van der Waals surface area (Å²) in [6.45, 7) is 0. The third-order valence-corrected chi connectivity index (χ3v) is 11.8. The molecule has 0 bridgehead atoms. The fourth-order valence-corrected chi connectivity index (χ4v) is 9.29. The molecule has 0 aliphatic heterocycles. The first-order valence-electron chi connectivity index (χ1n) is 19.5. The summed E-state index contributed by atoms with van der Waals surface area (Å²) in [5.41, 5.74) is 10.9. The van der Waals surface area contributed by atoms with Gasteiger partial charge >= 0.3 is 0 Å². The number of benzene rings is 10. The molecule has 0 saturated carbocycles. The average molecular weight is 727 g/mol. The molecule has 0 N–H and O–H groups in total. The maximum absolute atomic E-state index is 6.45. The van der Waals surface area contributed by atoms with Gasteiger partial charge in [-0.2, -0.15) is 0 Å². The van der Waals surface area contributed by atoms with Crippen LogP contribution in [0.25, 0.3) is 92.9 Å². The van der Waals surface area contributed by atoms with E-state index in [2.05, 4.69) is 210 Å². The Balaban J connectivity index is 1.08. The molecule has 0 radical (unpaired) electrons. The Morgan fingerprint density at radius 1 is 0.351 bits per heavy atom. The summed E-state index contributed by atoms with van der Waals surface area (Å²) in [7, 11) is 0. The number of nitrogens with zero attached hydrogens (tertiary/aromatic N) is 2. The van der Waals surface area contributed by atoms with E-state index in [0.717, 1.165) is 50.3 Å². The van der Waals surface area contributed by atoms with Crippen LogP contribution in [0.4, 0.5) is 17.1 Å². The molecule has 2 heterocycles. The smallest absolute Gasteiger partial charge is 0.137 e. The second-order valence-corrected chi connectivity index (χ2v) is 14.8. The molecule has 2 aromatic heterocycles. The van der Waals surface area contributed by atoms with Crippen molar-refractivity contribution >= 4 is 93.1 Å². The first-order chi connectivity index (χ1) is 28.3. The van der Waals surface area contributed by atoms with Crippen molar-refractivity contribution in [2.45, 2.75) is 0 Å². The fourth-order valence-electron chi connectivity index (χ4n) is 9.29. The second kappa shape index (κ2) is 12.5. The number of rotatable bonds is 5. The number of para-hydroxylation sites is 4. The van der Waals surface area contributed by atoms with Gasteiger partial charge < -0.3 is 13.9 Å². The standard InChI is InChI=1S/C54H34N2O/c1-2-17-41-39(15-1)40-16-3-4-18-42(40)47-34-37(32-33-43(41)47)55(51-25-13-27-53-54(51)46-21-8-12-26-52(46)57-53)36-30-28-35(29-31-36)38-14-5-9-22-48(38)56-49-23-10-6-19-44(49)45-20-7-11-24-50(45)56/h1-34H. The summed E-state index contributed by atoms with van der Waals surface area (Å²) in [5, 5.41) is 12.2. The Labute approximate surface area is 328 Å². The predicted molar refractivity (Wildman–Crippen MR) is 241 cm³/mol. The monoisotopic (exact) mass is 726 g/mol. The molecule has 0 spiro atoms. The van der Waals surface area contributed by atoms with Crippen LogP contribution in [0.5, 0.6) is 0 Å². The highest BCUT2D eigenvalue weighted by Crippen LogP contribution is 2.46. The van der Waals surface area contributed by atoms with E-state index in [0.29, 0.717) is 0 Å². The topological polar surface area (TPSA) is 21.3 Å². The molecule has 0 fully saturated rings. The fraction of sp³-hybridized carbons (Fsp3) is 0. The number of anilines is 3. The molecule has 266 valence electrons. The van der Waals surface area contributed by atoms with E-state index in [1.54, 1.807) is 0 Å². The third-order valence-electron chi connectivity index (χ3n) is 11.8. The lowest BCUT2D eigenvalue weighted by Crippen LogP contribution is -2.10. The van der Waals surface area contributed by atoms with Gasteiger partial charge in [0.05, 0.1) is 27.8 Å². The number of fused-ring (bicyclic) bond motifs is 12. The summed E-state index contributed by atoms with van der Waals surface area (Å²) in [6, 6.07) is 74.5. The normalized spacial score (nSPS) is 11.9. The maximum atomic E-state index is 6.45. The van der Waals surface area contributed by atoms with Gasteiger partial charge in [-0.15, -0.1) is 0 Å². The SMILES string of the molecule is c1ccc(-n2c3ccccc3c3ccccc32)c(-c2ccc(N(c3ccc4c5ccccc5c5ccccc5c4c3)c3cccc4oc5ccccc5c34)cc2)c1. The quantitative estimate of drug-likeness (QED) is 0.165. The van der Waals surface area contributed by atoms with Crippen molar-refractivity contribution in [2.24, 2.45) is 0 Å². The Morgan fingerprint density at radius 2 is 0.860 bits per heavy atom. The van der Waals surface area contributed by atoms with Crippen LogP contribution in [0.1, 0.15) is 0 Å². The summed E-state index contributed by atoms with van der Waals surface area (Å²) in [4.78, 5) is 2.40. The Morgan fingerprint density at radius 3 is 1.54 bits per heavy atom. The van der Waals surface area contributed by atoms with Gasteiger partial charge in [-0.25, -0.2) is 0 Å². The number of hydrogen-bond acceptors (Lipinski definition) is 2. The summed E-state index contributed by atoms with van der Waals surface area (Å²) >= 11 is 0. The van der Waals surface area contributed by atoms with Crippen LogP contribution < -0.4 is 4.90 Å². The lowest BCUT2D eigenvalue weighted by atomic mass is 9.94. The highest BCUT2D eigenvalue weighted by molar-refractivity contribution is 6.26. The minimum Gasteiger partial charge on any atom is -0.456 e. The van der Waals surface area contributed by atoms with Crippen LogP contribution in [-0.4, -0.2) is 4.57 Å². The van der Waals surface area contributed by atoms with Crippen molar-refractivity contribution in [1.29, 1.82) is 0 Å². The molecular formula is C54H34N2O. The van der Waals surface area contributed by atoms with Crippen molar-refractivity contribution < 1.29 is 4.42 Å². The van der Waals surface area contributed by atoms with Crippen LogP contribution in [0.15, 0.2) is 211 Å². The lowest BCUT2D eigenvalue weighted by Gasteiger charge is -2.27. The van der Waals surface area contributed by atoms with Gasteiger partial charge in [-0.1, -0.05) is 146 Å². The van der Waals surface area contributed by atoms with E-state index in [9.17, 15) is 0 Å². The lowest BCUT2D eigenvalue weighted by molar-refractivity contribution is 0.669. The highest BCUT2D eigenvalue weighted by Gasteiger charge is 2.21. The van der Waals surface area contributed by atoms with Crippen LogP contribution >= 0.6 is 0 Å². The molecule has 0 aliphatic carbocycles. The molecule has 57 heavy (non-hydrogen) atoms. The van der Waals surface area contributed by atoms with Gasteiger partial charge in [0, 0.05) is 33.1 Å². The van der Waals surface area contributed by atoms with Gasteiger partial charge in [-0.3, -0.25) is 0 Å². The largest absolute Gasteiger partial charge is 0.456 e. The first kappa shape index (κ1) is 31.7. The van der Waals surface area contributed by atoms with Crippen LogP contribution in [0.2, 0.25) is 0 Å². The molecule has 12 aromatic rings. The van der Waals surface area contributed by atoms with Gasteiger partial charge in [-0.05, 0) is 98.5 Å². The zero-order valence-corrected chi connectivity index (χ0v) is 30.9. The van der Waals surface area contributed by atoms with Crippen molar-refractivity contribution in [1.82, 2.24) is 4.57 Å². The Bertz CT molecular complexity index is 3450. The van der Waals surface area contributed by atoms with Gasteiger partial charge in [0.25, 0.3) is 0 Å². The minimum atomic E-state index is 0.868. The number of aromatic nitrogens is 1. The second-order valence-electron chi connectivity index (χ2n) is 14.8. The zero-order valence-electron chi connectivity index (χ0n) is 30.9. The van der Waals surface area contributed by atoms with Gasteiger partial charge in [0.2, 0.25) is 0 Å². The van der Waals surface area contributed by atoms with E-state index in [1.807, 2.05) is 6.07 Å². The van der Waals surface area contributed by atoms with Crippen molar-refractivity contribution in [2.75, 3.05) is 4.90 Å². The molecule has 10 aromatic carbocycles. The summed E-state index contributed by atoms with van der Waals surface area (Å²) in [6.07, 6.45) is 0. The van der Waals surface area contributed by atoms with E-state index in [1.165, 1.54) is 59.7 Å². The zero-order chi connectivity index (χ0) is 37.5. The summed E-state index contributed by atoms with van der Waals surface area (Å²) in [5.74, 6) is 0. The van der Waals surface area contributed by atoms with Gasteiger partial charge in [0.15, 0.2) is 0 Å². The number of hydrogen-bond donors (Lipinski definition) is 0. The van der Waals surface area contributed by atoms with Crippen molar-refractivity contribution in [3.8, 4) is 16.8 Å². The van der Waals surface area contributed by atoms with Crippen molar-refractivity contribution in [3.05, 3.63) is 206 Å². The molecule has 3 nitrogen and oxygen atoms in total. The molecule has 0 unspecified atom stereocenters. The van der Waals surface area contributed by atoms with E-state index >= 15 is 0 Å². The molecule has 0 amide bonds. The third kappa shape index (κ3) is 4.79.